The van der Waals surface area contributed by atoms with Gasteiger partial charge in [0.25, 0.3) is 11.8 Å². The van der Waals surface area contributed by atoms with Crippen LogP contribution in [-0.4, -0.2) is 27.6 Å². The van der Waals surface area contributed by atoms with Gasteiger partial charge in [-0.1, -0.05) is 10.8 Å². The van der Waals surface area contributed by atoms with E-state index in [0.29, 0.717) is 5.06 Å². The van der Waals surface area contributed by atoms with Crippen molar-refractivity contribution in [1.82, 2.24) is 5.06 Å². The van der Waals surface area contributed by atoms with Gasteiger partial charge in [0.2, 0.25) is 0 Å². The van der Waals surface area contributed by atoms with Gasteiger partial charge in [-0.3, -0.25) is 9.59 Å². The van der Waals surface area contributed by atoms with E-state index in [1.807, 2.05) is 13.8 Å². The zero-order chi connectivity index (χ0) is 12.3. The molecule has 0 aliphatic carbocycles. The lowest BCUT2D eigenvalue weighted by Crippen LogP contribution is -2.34. The summed E-state index contributed by atoms with van der Waals surface area (Å²) in [5.41, 5.74) is 0. The van der Waals surface area contributed by atoms with E-state index in [0.717, 1.165) is 0 Å². The molecule has 0 N–H and O–H groups in total. The molecule has 1 rings (SSSR count). The van der Waals surface area contributed by atoms with Crippen LogP contribution < -0.4 is 0 Å². The van der Waals surface area contributed by atoms with Crippen LogP contribution in [0.5, 0.6) is 0 Å². The number of rotatable bonds is 4. The van der Waals surface area contributed by atoms with Gasteiger partial charge in [-0.2, -0.15) is 0 Å². The van der Waals surface area contributed by atoms with Crippen LogP contribution in [0.25, 0.3) is 0 Å². The predicted molar refractivity (Wildman–Crippen MR) is 62.5 cm³/mol. The Morgan fingerprint density at radius 3 is 2.38 bits per heavy atom. The SMILES string of the molecule is CC(C)(CC(=O)ON1C(=O)CCC1=O)SS. The van der Waals surface area contributed by atoms with Crippen molar-refractivity contribution in [2.24, 2.45) is 0 Å². The summed E-state index contributed by atoms with van der Waals surface area (Å²) in [4.78, 5) is 38.5. The second kappa shape index (κ2) is 5.09. The van der Waals surface area contributed by atoms with Gasteiger partial charge >= 0.3 is 5.97 Å². The molecule has 7 heteroatoms. The van der Waals surface area contributed by atoms with Crippen LogP contribution in [0.3, 0.4) is 0 Å². The molecule has 0 aromatic carbocycles. The Hall–Kier alpha value is -0.690. The van der Waals surface area contributed by atoms with Crippen molar-refractivity contribution in [3.63, 3.8) is 0 Å². The zero-order valence-electron chi connectivity index (χ0n) is 9.06. The lowest BCUT2D eigenvalue weighted by atomic mass is 10.1. The van der Waals surface area contributed by atoms with Crippen molar-refractivity contribution in [2.75, 3.05) is 0 Å². The van der Waals surface area contributed by atoms with E-state index in [4.69, 9.17) is 4.84 Å². The summed E-state index contributed by atoms with van der Waals surface area (Å²) < 4.78 is -0.397. The average Bonchev–Trinajstić information content (AvgIpc) is 2.49. The summed E-state index contributed by atoms with van der Waals surface area (Å²) in [5, 5.41) is 0.557. The fraction of sp³-hybridized carbons (Fsp3) is 0.667. The Balaban J connectivity index is 2.52. The smallest absolute Gasteiger partial charge is 0.330 e. The van der Waals surface area contributed by atoms with Crippen LogP contribution in [0.15, 0.2) is 0 Å². The van der Waals surface area contributed by atoms with Gasteiger partial charge in [0.05, 0.1) is 6.42 Å². The molecule has 1 fully saturated rings. The molecule has 1 heterocycles. The Labute approximate surface area is 103 Å². The summed E-state index contributed by atoms with van der Waals surface area (Å²) >= 11 is 4.02. The maximum Gasteiger partial charge on any atom is 0.334 e. The maximum atomic E-state index is 11.4. The summed E-state index contributed by atoms with van der Waals surface area (Å²) in [6, 6.07) is 0. The van der Waals surface area contributed by atoms with Gasteiger partial charge in [0.15, 0.2) is 0 Å². The first-order valence-electron chi connectivity index (χ1n) is 4.75. The van der Waals surface area contributed by atoms with E-state index in [9.17, 15) is 14.4 Å². The van der Waals surface area contributed by atoms with Crippen LogP contribution in [-0.2, 0) is 19.2 Å². The summed E-state index contributed by atoms with van der Waals surface area (Å²) in [5.74, 6) is -1.53. The van der Waals surface area contributed by atoms with E-state index in [1.165, 1.54) is 10.8 Å². The highest BCUT2D eigenvalue weighted by Gasteiger charge is 2.34. The first kappa shape index (κ1) is 13.4. The van der Waals surface area contributed by atoms with Gasteiger partial charge < -0.3 is 4.84 Å². The van der Waals surface area contributed by atoms with Crippen molar-refractivity contribution in [1.29, 1.82) is 0 Å². The van der Waals surface area contributed by atoms with Crippen LogP contribution >= 0.6 is 22.5 Å². The van der Waals surface area contributed by atoms with E-state index >= 15 is 0 Å². The molecular weight excluding hydrogens is 250 g/mol. The van der Waals surface area contributed by atoms with Crippen LogP contribution in [0, 0.1) is 0 Å². The molecule has 1 aliphatic heterocycles. The minimum absolute atomic E-state index is 0.0816. The van der Waals surface area contributed by atoms with E-state index in [1.54, 1.807) is 0 Å². The third-order valence-electron chi connectivity index (χ3n) is 2.02. The molecule has 0 spiro atoms. The van der Waals surface area contributed by atoms with E-state index in [-0.39, 0.29) is 19.3 Å². The molecule has 2 amide bonds. The lowest BCUT2D eigenvalue weighted by Gasteiger charge is -2.20. The topological polar surface area (TPSA) is 63.7 Å². The second-order valence-corrected chi connectivity index (χ2v) is 5.91. The Bertz CT molecular complexity index is 313. The first-order valence-corrected chi connectivity index (χ1v) is 6.62. The molecular formula is C9H13NO4S2. The zero-order valence-corrected chi connectivity index (χ0v) is 10.8. The average molecular weight is 263 g/mol. The van der Waals surface area contributed by atoms with E-state index < -0.39 is 22.5 Å². The molecule has 5 nitrogen and oxygen atoms in total. The van der Waals surface area contributed by atoms with Crippen molar-refractivity contribution in [2.45, 2.75) is 37.9 Å². The number of amides is 2. The number of nitrogens with zero attached hydrogens (tertiary/aromatic N) is 1. The van der Waals surface area contributed by atoms with Crippen LogP contribution in [0.1, 0.15) is 33.1 Å². The molecule has 16 heavy (non-hydrogen) atoms. The predicted octanol–water partition coefficient (Wildman–Crippen LogP) is 1.34. The highest BCUT2D eigenvalue weighted by molar-refractivity contribution is 8.69. The third-order valence-corrected chi connectivity index (χ3v) is 4.14. The number of hydrogen-bond acceptors (Lipinski definition) is 6. The van der Waals surface area contributed by atoms with E-state index in [2.05, 4.69) is 11.7 Å². The summed E-state index contributed by atoms with van der Waals surface area (Å²) in [6.45, 7) is 3.64. The van der Waals surface area contributed by atoms with Crippen molar-refractivity contribution >= 4 is 40.2 Å². The minimum atomic E-state index is -0.602. The fourth-order valence-electron chi connectivity index (χ4n) is 1.17. The highest BCUT2D eigenvalue weighted by atomic mass is 33.1. The number of hydrogen-bond donors (Lipinski definition) is 1. The normalized spacial score (nSPS) is 16.8. The standard InChI is InChI=1S/C9H13NO4S2/c1-9(2,16-15)5-8(13)14-10-6(11)3-4-7(10)12/h15H,3-5H2,1-2H3. The molecule has 90 valence electrons. The summed E-state index contributed by atoms with van der Waals surface area (Å²) in [7, 11) is 1.22. The number of carbonyl (C=O) groups is 3. The largest absolute Gasteiger partial charge is 0.334 e. The van der Waals surface area contributed by atoms with Crippen molar-refractivity contribution in [3.8, 4) is 0 Å². The lowest BCUT2D eigenvalue weighted by molar-refractivity contribution is -0.197. The van der Waals surface area contributed by atoms with Gasteiger partial charge in [-0.05, 0) is 13.8 Å². The molecule has 0 radical (unpaired) electrons. The molecule has 0 unspecified atom stereocenters. The van der Waals surface area contributed by atoms with Gasteiger partial charge in [0, 0.05) is 17.6 Å². The Morgan fingerprint density at radius 1 is 1.44 bits per heavy atom. The molecule has 1 aliphatic rings. The molecule has 0 saturated carbocycles. The van der Waals surface area contributed by atoms with Crippen LogP contribution in [0.2, 0.25) is 0 Å². The Morgan fingerprint density at radius 2 is 1.94 bits per heavy atom. The van der Waals surface area contributed by atoms with Crippen LogP contribution in [0.4, 0.5) is 0 Å². The maximum absolute atomic E-state index is 11.4. The monoisotopic (exact) mass is 263 g/mol. The summed E-state index contributed by atoms with van der Waals surface area (Å²) in [6.07, 6.45) is 0.297. The first-order chi connectivity index (χ1) is 7.35. The molecule has 0 aromatic rings. The number of carbonyl (C=O) groups excluding carboxylic acids is 3. The number of thiol groups is 1. The fourth-order valence-corrected chi connectivity index (χ4v) is 1.55. The minimum Gasteiger partial charge on any atom is -0.330 e. The second-order valence-electron chi connectivity index (χ2n) is 4.07. The van der Waals surface area contributed by atoms with Gasteiger partial charge in [-0.15, -0.1) is 16.7 Å². The number of imide groups is 1. The third kappa shape index (κ3) is 3.41. The Kier molecular flexibility index (Phi) is 4.26. The molecule has 0 aromatic heterocycles. The van der Waals surface area contributed by atoms with Crippen molar-refractivity contribution in [3.05, 3.63) is 0 Å². The number of hydroxylamine groups is 2. The van der Waals surface area contributed by atoms with Gasteiger partial charge in [-0.25, -0.2) is 4.79 Å². The highest BCUT2D eigenvalue weighted by Crippen LogP contribution is 2.31. The van der Waals surface area contributed by atoms with Crippen molar-refractivity contribution < 1.29 is 19.2 Å². The quantitative estimate of drug-likeness (QED) is 0.471. The molecule has 1 saturated heterocycles. The molecule has 0 bridgehead atoms. The van der Waals surface area contributed by atoms with Gasteiger partial charge in [0.1, 0.15) is 0 Å². The molecule has 0 atom stereocenters.